The molecule has 0 saturated heterocycles. The third-order valence-corrected chi connectivity index (χ3v) is 4.21. The quantitative estimate of drug-likeness (QED) is 0.471. The molecular weight excluding hydrogens is 364 g/mol. The van der Waals surface area contributed by atoms with Gasteiger partial charge in [0.05, 0.1) is 12.2 Å². The number of pyridine rings is 1. The van der Waals surface area contributed by atoms with Gasteiger partial charge in [-0.25, -0.2) is 4.98 Å². The third-order valence-electron chi connectivity index (χ3n) is 4.21. The van der Waals surface area contributed by atoms with Gasteiger partial charge in [-0.3, -0.25) is 9.59 Å². The van der Waals surface area contributed by atoms with Gasteiger partial charge in [0.25, 0.3) is 5.91 Å². The minimum Gasteiger partial charge on any atom is -0.489 e. The molecule has 146 valence electrons. The number of anilines is 1. The van der Waals surface area contributed by atoms with E-state index in [0.29, 0.717) is 28.3 Å². The standard InChI is InChI=1S/C19H20N4O5/c1-10-16(19(26)23-14(8-24)18(21)25)13-7-12(4-5-15(13)28-10)27-9-11-3-2-6-22-17(11)20/h2-7,14,24H,8-9H2,1H3,(H2,20,22)(H2,21,25)(H,23,26). The van der Waals surface area contributed by atoms with Crippen LogP contribution in [-0.4, -0.2) is 34.6 Å². The Hall–Kier alpha value is -3.59. The number of ether oxygens (including phenoxy) is 1. The molecule has 0 spiro atoms. The van der Waals surface area contributed by atoms with Crippen LogP contribution in [0.15, 0.2) is 40.9 Å². The number of primary amides is 1. The van der Waals surface area contributed by atoms with Crippen LogP contribution in [0.5, 0.6) is 5.75 Å². The molecule has 1 atom stereocenters. The Morgan fingerprint density at radius 1 is 1.36 bits per heavy atom. The molecule has 9 nitrogen and oxygen atoms in total. The summed E-state index contributed by atoms with van der Waals surface area (Å²) in [7, 11) is 0. The average Bonchev–Trinajstić information content (AvgIpc) is 3.00. The maximum Gasteiger partial charge on any atom is 0.256 e. The summed E-state index contributed by atoms with van der Waals surface area (Å²) in [6, 6.07) is 7.42. The Morgan fingerprint density at radius 3 is 2.82 bits per heavy atom. The summed E-state index contributed by atoms with van der Waals surface area (Å²) in [6.45, 7) is 1.23. The molecule has 0 bridgehead atoms. The van der Waals surface area contributed by atoms with Crippen molar-refractivity contribution in [1.29, 1.82) is 0 Å². The van der Waals surface area contributed by atoms with Gasteiger partial charge in [0.2, 0.25) is 5.91 Å². The zero-order chi connectivity index (χ0) is 20.3. The Kier molecular flexibility index (Phi) is 5.46. The number of aryl methyl sites for hydroxylation is 1. The van der Waals surface area contributed by atoms with E-state index in [1.807, 2.05) is 0 Å². The maximum atomic E-state index is 12.6. The predicted molar refractivity (Wildman–Crippen MR) is 101 cm³/mol. The number of hydrogen-bond donors (Lipinski definition) is 4. The lowest BCUT2D eigenvalue weighted by molar-refractivity contribution is -0.120. The van der Waals surface area contributed by atoms with Crippen molar-refractivity contribution >= 4 is 28.6 Å². The molecule has 0 aliphatic carbocycles. The van der Waals surface area contributed by atoms with Crippen molar-refractivity contribution in [3.8, 4) is 5.75 Å². The fourth-order valence-electron chi connectivity index (χ4n) is 2.74. The molecule has 0 saturated carbocycles. The van der Waals surface area contributed by atoms with Crippen molar-refractivity contribution in [2.75, 3.05) is 12.3 Å². The van der Waals surface area contributed by atoms with Crippen LogP contribution in [0.25, 0.3) is 11.0 Å². The summed E-state index contributed by atoms with van der Waals surface area (Å²) in [6.07, 6.45) is 1.59. The number of benzene rings is 1. The number of rotatable bonds is 7. The van der Waals surface area contributed by atoms with Gasteiger partial charge in [0.15, 0.2) is 0 Å². The van der Waals surface area contributed by atoms with Gasteiger partial charge in [-0.05, 0) is 31.2 Å². The molecule has 2 aromatic heterocycles. The lowest BCUT2D eigenvalue weighted by Crippen LogP contribution is -2.46. The van der Waals surface area contributed by atoms with Crippen molar-refractivity contribution in [2.24, 2.45) is 5.73 Å². The van der Waals surface area contributed by atoms with E-state index in [4.69, 9.17) is 20.6 Å². The van der Waals surface area contributed by atoms with Gasteiger partial charge in [-0.2, -0.15) is 0 Å². The topological polar surface area (TPSA) is 154 Å². The number of hydrogen-bond acceptors (Lipinski definition) is 7. The number of nitrogens with zero attached hydrogens (tertiary/aromatic N) is 1. The van der Waals surface area contributed by atoms with E-state index < -0.39 is 24.5 Å². The van der Waals surface area contributed by atoms with Crippen LogP contribution in [-0.2, 0) is 11.4 Å². The first-order valence-corrected chi connectivity index (χ1v) is 8.47. The van der Waals surface area contributed by atoms with Crippen molar-refractivity contribution in [2.45, 2.75) is 19.6 Å². The first-order valence-electron chi connectivity index (χ1n) is 8.47. The van der Waals surface area contributed by atoms with E-state index in [2.05, 4.69) is 10.3 Å². The molecule has 3 aromatic rings. The van der Waals surface area contributed by atoms with Crippen LogP contribution in [0.4, 0.5) is 5.82 Å². The molecule has 2 heterocycles. The molecule has 6 N–H and O–H groups in total. The Balaban J connectivity index is 1.86. The number of furan rings is 1. The van der Waals surface area contributed by atoms with E-state index in [0.717, 1.165) is 5.56 Å². The number of aliphatic hydroxyl groups excluding tert-OH is 1. The number of nitrogens with one attached hydrogen (secondary N) is 1. The number of nitrogens with two attached hydrogens (primary N) is 2. The molecule has 0 fully saturated rings. The highest BCUT2D eigenvalue weighted by Gasteiger charge is 2.23. The lowest BCUT2D eigenvalue weighted by atomic mass is 10.1. The van der Waals surface area contributed by atoms with Crippen molar-refractivity contribution in [3.63, 3.8) is 0 Å². The second kappa shape index (κ2) is 7.97. The zero-order valence-electron chi connectivity index (χ0n) is 15.1. The molecule has 0 aliphatic heterocycles. The van der Waals surface area contributed by atoms with Crippen LogP contribution in [0.2, 0.25) is 0 Å². The second-order valence-corrected chi connectivity index (χ2v) is 6.14. The fourth-order valence-corrected chi connectivity index (χ4v) is 2.74. The van der Waals surface area contributed by atoms with E-state index in [9.17, 15) is 14.7 Å². The highest BCUT2D eigenvalue weighted by Crippen LogP contribution is 2.29. The number of aliphatic hydroxyl groups is 1. The monoisotopic (exact) mass is 384 g/mol. The lowest BCUT2D eigenvalue weighted by Gasteiger charge is -2.12. The van der Waals surface area contributed by atoms with Crippen molar-refractivity contribution < 1.29 is 23.8 Å². The summed E-state index contributed by atoms with van der Waals surface area (Å²) >= 11 is 0. The number of aromatic nitrogens is 1. The average molecular weight is 384 g/mol. The van der Waals surface area contributed by atoms with Crippen LogP contribution in [0.3, 0.4) is 0 Å². The van der Waals surface area contributed by atoms with Gasteiger partial charge in [0, 0.05) is 17.1 Å². The molecule has 28 heavy (non-hydrogen) atoms. The van der Waals surface area contributed by atoms with Gasteiger partial charge in [-0.15, -0.1) is 0 Å². The Bertz CT molecular complexity index is 1030. The van der Waals surface area contributed by atoms with Gasteiger partial charge >= 0.3 is 0 Å². The smallest absolute Gasteiger partial charge is 0.256 e. The summed E-state index contributed by atoms with van der Waals surface area (Å²) in [5.41, 5.74) is 12.4. The molecule has 2 amide bonds. The summed E-state index contributed by atoms with van der Waals surface area (Å²) in [4.78, 5) is 27.9. The predicted octanol–water partition coefficient (Wildman–Crippen LogP) is 0.873. The molecule has 1 unspecified atom stereocenters. The highest BCUT2D eigenvalue weighted by molar-refractivity contribution is 6.08. The van der Waals surface area contributed by atoms with Crippen molar-refractivity contribution in [3.05, 3.63) is 53.4 Å². The summed E-state index contributed by atoms with van der Waals surface area (Å²) in [5.74, 6) is -0.173. The minimum absolute atomic E-state index is 0.206. The molecule has 3 rings (SSSR count). The molecule has 0 radical (unpaired) electrons. The largest absolute Gasteiger partial charge is 0.489 e. The first-order chi connectivity index (χ1) is 13.4. The van der Waals surface area contributed by atoms with Crippen LogP contribution >= 0.6 is 0 Å². The number of carbonyl (C=O) groups excluding carboxylic acids is 2. The Morgan fingerprint density at radius 2 is 2.14 bits per heavy atom. The molecule has 0 aliphatic rings. The van der Waals surface area contributed by atoms with Crippen molar-refractivity contribution in [1.82, 2.24) is 10.3 Å². The number of fused-ring (bicyclic) bond motifs is 1. The minimum atomic E-state index is -1.19. The van der Waals surface area contributed by atoms with E-state index in [1.54, 1.807) is 43.5 Å². The highest BCUT2D eigenvalue weighted by atomic mass is 16.5. The van der Waals surface area contributed by atoms with E-state index in [-0.39, 0.29) is 12.2 Å². The van der Waals surface area contributed by atoms with Crippen LogP contribution < -0.4 is 21.5 Å². The maximum absolute atomic E-state index is 12.6. The summed E-state index contributed by atoms with van der Waals surface area (Å²) < 4.78 is 11.4. The first kappa shape index (κ1) is 19.2. The van der Waals surface area contributed by atoms with E-state index >= 15 is 0 Å². The number of carbonyl (C=O) groups is 2. The zero-order valence-corrected chi connectivity index (χ0v) is 15.1. The van der Waals surface area contributed by atoms with Gasteiger partial charge < -0.3 is 31.0 Å². The fraction of sp³-hybridized carbons (Fsp3) is 0.211. The second-order valence-electron chi connectivity index (χ2n) is 6.14. The summed E-state index contributed by atoms with van der Waals surface area (Å²) in [5, 5.41) is 12.1. The third kappa shape index (κ3) is 3.89. The molecule has 9 heteroatoms. The SMILES string of the molecule is Cc1oc2ccc(OCc3cccnc3N)cc2c1C(=O)NC(CO)C(N)=O. The van der Waals surface area contributed by atoms with E-state index in [1.165, 1.54) is 0 Å². The van der Waals surface area contributed by atoms with Gasteiger partial charge in [-0.1, -0.05) is 6.07 Å². The number of nitrogen functional groups attached to an aromatic ring is 1. The Labute approximate surface area is 160 Å². The van der Waals surface area contributed by atoms with Gasteiger partial charge in [0.1, 0.15) is 35.6 Å². The molecular formula is C19H20N4O5. The number of amides is 2. The van der Waals surface area contributed by atoms with Crippen LogP contribution in [0, 0.1) is 6.92 Å². The van der Waals surface area contributed by atoms with Crippen LogP contribution in [0.1, 0.15) is 21.7 Å². The normalized spacial score (nSPS) is 11.9. The molecule has 1 aromatic carbocycles.